The average Bonchev–Trinajstić information content (AvgIpc) is 2.91. The molecule has 1 aliphatic heterocycles. The first kappa shape index (κ1) is 19.6. The summed E-state index contributed by atoms with van der Waals surface area (Å²) in [7, 11) is 0. The molecule has 0 fully saturated rings. The van der Waals surface area contributed by atoms with E-state index in [1.165, 1.54) is 20.8 Å². The Bertz CT molecular complexity index is 1000. The first-order valence-electron chi connectivity index (χ1n) is 8.71. The maximum atomic E-state index is 13.4. The minimum absolute atomic E-state index is 0.0148. The number of carbonyl (C=O) groups is 3. The number of aliphatic hydroxyl groups excluding tert-OH is 1. The number of fused-ring (bicyclic) bond motifs is 3. The van der Waals surface area contributed by atoms with Gasteiger partial charge in [-0.15, -0.1) is 0 Å². The highest BCUT2D eigenvalue weighted by molar-refractivity contribution is 6.31. The highest BCUT2D eigenvalue weighted by Gasteiger charge is 2.56. The van der Waals surface area contributed by atoms with E-state index in [1.807, 2.05) is 0 Å². The molecule has 1 heterocycles. The number of aliphatic hydroxyl groups is 1. The van der Waals surface area contributed by atoms with Gasteiger partial charge in [-0.05, 0) is 27.7 Å². The van der Waals surface area contributed by atoms with E-state index in [0.29, 0.717) is 0 Å². The lowest BCUT2D eigenvalue weighted by molar-refractivity contribution is -0.123. The number of carbonyl (C=O) groups excluding carboxylic acids is 3. The van der Waals surface area contributed by atoms with Crippen molar-refractivity contribution in [3.63, 3.8) is 0 Å². The summed E-state index contributed by atoms with van der Waals surface area (Å²) in [6.07, 6.45) is 1.15. The lowest BCUT2D eigenvalue weighted by atomic mass is 9.70. The number of rotatable bonds is 4. The molecule has 2 aliphatic rings. The minimum Gasteiger partial charge on any atom is -0.507 e. The van der Waals surface area contributed by atoms with Gasteiger partial charge in [0.15, 0.2) is 17.3 Å². The summed E-state index contributed by atoms with van der Waals surface area (Å²) in [6.45, 7) is 5.67. The van der Waals surface area contributed by atoms with Crippen molar-refractivity contribution in [3.05, 3.63) is 39.8 Å². The number of ether oxygens (including phenoxy) is 1. The summed E-state index contributed by atoms with van der Waals surface area (Å²) >= 11 is 0. The summed E-state index contributed by atoms with van der Waals surface area (Å²) in [5, 5.41) is 32.8. The zero-order chi connectivity index (χ0) is 21.0. The second kappa shape index (κ2) is 6.49. The fourth-order valence-electron chi connectivity index (χ4n) is 3.69. The molecular formula is C20H21NO7. The van der Waals surface area contributed by atoms with E-state index in [1.54, 1.807) is 6.92 Å². The van der Waals surface area contributed by atoms with Crippen LogP contribution < -0.4 is 10.1 Å². The number of benzene rings is 1. The second-order valence-corrected chi connectivity index (χ2v) is 7.04. The van der Waals surface area contributed by atoms with Gasteiger partial charge in [0.2, 0.25) is 0 Å². The lowest BCUT2D eigenvalue weighted by Gasteiger charge is -2.29. The SMILES string of the molecule is CC(=O)c1c(O)c(C)c(O)c2c1OC1=CC(=O)C(=C(C)NCCO)C(=O)[C@@]12C. The number of phenolic OH excluding ortho intramolecular Hbond substituents is 2. The number of phenols is 2. The lowest BCUT2D eigenvalue weighted by Crippen LogP contribution is -2.41. The van der Waals surface area contributed by atoms with Crippen LogP contribution in [-0.4, -0.2) is 45.8 Å². The zero-order valence-electron chi connectivity index (χ0n) is 16.0. The van der Waals surface area contributed by atoms with E-state index < -0.39 is 28.5 Å². The maximum absolute atomic E-state index is 13.4. The topological polar surface area (TPSA) is 133 Å². The molecule has 1 atom stereocenters. The molecular weight excluding hydrogens is 366 g/mol. The van der Waals surface area contributed by atoms with Crippen molar-refractivity contribution >= 4 is 17.3 Å². The van der Waals surface area contributed by atoms with Crippen LogP contribution in [0.2, 0.25) is 0 Å². The van der Waals surface area contributed by atoms with Crippen molar-refractivity contribution in [2.75, 3.05) is 13.2 Å². The van der Waals surface area contributed by atoms with Crippen molar-refractivity contribution in [1.29, 1.82) is 0 Å². The fraction of sp³-hybridized carbons (Fsp3) is 0.350. The van der Waals surface area contributed by atoms with Gasteiger partial charge in [0.05, 0.1) is 17.7 Å². The highest BCUT2D eigenvalue weighted by atomic mass is 16.5. The van der Waals surface area contributed by atoms with Crippen LogP contribution in [0.1, 0.15) is 42.3 Å². The predicted octanol–water partition coefficient (Wildman–Crippen LogP) is 1.15. The fourth-order valence-corrected chi connectivity index (χ4v) is 3.69. The summed E-state index contributed by atoms with van der Waals surface area (Å²) in [5.74, 6) is -2.63. The second-order valence-electron chi connectivity index (χ2n) is 7.04. The zero-order valence-corrected chi connectivity index (χ0v) is 16.0. The molecule has 8 nitrogen and oxygen atoms in total. The maximum Gasteiger partial charge on any atom is 0.194 e. The van der Waals surface area contributed by atoms with Crippen LogP contribution in [0.5, 0.6) is 17.2 Å². The van der Waals surface area contributed by atoms with Crippen molar-refractivity contribution in [3.8, 4) is 17.2 Å². The quantitative estimate of drug-likeness (QED) is 0.344. The van der Waals surface area contributed by atoms with Crippen molar-refractivity contribution in [2.24, 2.45) is 0 Å². The predicted molar refractivity (Wildman–Crippen MR) is 98.4 cm³/mol. The van der Waals surface area contributed by atoms with Crippen LogP contribution in [0, 0.1) is 6.92 Å². The minimum atomic E-state index is -1.53. The molecule has 1 aromatic carbocycles. The number of hydrogen-bond acceptors (Lipinski definition) is 8. The molecule has 3 rings (SSSR count). The van der Waals surface area contributed by atoms with Gasteiger partial charge < -0.3 is 25.4 Å². The number of aromatic hydroxyl groups is 2. The van der Waals surface area contributed by atoms with E-state index in [2.05, 4.69) is 5.32 Å². The molecule has 1 aromatic rings. The van der Waals surface area contributed by atoms with Crippen LogP contribution in [0.4, 0.5) is 0 Å². The van der Waals surface area contributed by atoms with Crippen molar-refractivity contribution in [2.45, 2.75) is 33.1 Å². The van der Waals surface area contributed by atoms with E-state index in [4.69, 9.17) is 9.84 Å². The van der Waals surface area contributed by atoms with Crippen LogP contribution in [0.25, 0.3) is 0 Å². The van der Waals surface area contributed by atoms with Gasteiger partial charge in [-0.3, -0.25) is 14.4 Å². The van der Waals surface area contributed by atoms with Crippen LogP contribution in [-0.2, 0) is 15.0 Å². The molecule has 0 radical (unpaired) electrons. The summed E-state index contributed by atoms with van der Waals surface area (Å²) in [6, 6.07) is 0. The molecule has 148 valence electrons. The van der Waals surface area contributed by atoms with Gasteiger partial charge in [-0.25, -0.2) is 0 Å². The first-order chi connectivity index (χ1) is 13.1. The molecule has 0 bridgehead atoms. The molecule has 28 heavy (non-hydrogen) atoms. The molecule has 0 aromatic heterocycles. The largest absolute Gasteiger partial charge is 0.507 e. The van der Waals surface area contributed by atoms with E-state index in [0.717, 1.165) is 6.08 Å². The number of Topliss-reactive ketones (excluding diaryl/α,β-unsaturated/α-hetero) is 2. The van der Waals surface area contributed by atoms with Crippen molar-refractivity contribution < 1.29 is 34.4 Å². The standard InChI is InChI=1S/C20H21NO7/c1-8-16(25)14(10(3)23)18-15(17(8)26)20(4)12(28-18)7-11(24)13(19(20)27)9(2)21-5-6-22/h7,21-22,25-26H,5-6H2,1-4H3/t20-/m0/s1. The van der Waals surface area contributed by atoms with Crippen LogP contribution in [0.3, 0.4) is 0 Å². The van der Waals surface area contributed by atoms with Gasteiger partial charge in [0, 0.05) is 23.9 Å². The Balaban J connectivity index is 2.32. The van der Waals surface area contributed by atoms with Gasteiger partial charge >= 0.3 is 0 Å². The molecule has 8 heteroatoms. The smallest absolute Gasteiger partial charge is 0.194 e. The Morgan fingerprint density at radius 1 is 1.21 bits per heavy atom. The van der Waals surface area contributed by atoms with E-state index in [-0.39, 0.29) is 58.4 Å². The molecule has 0 spiro atoms. The Hall–Kier alpha value is -3.13. The normalized spacial score (nSPS) is 22.2. The van der Waals surface area contributed by atoms with Gasteiger partial charge in [0.1, 0.15) is 34.0 Å². The highest BCUT2D eigenvalue weighted by Crippen LogP contribution is 2.57. The van der Waals surface area contributed by atoms with Crippen molar-refractivity contribution in [1.82, 2.24) is 5.32 Å². The Morgan fingerprint density at radius 2 is 1.86 bits per heavy atom. The van der Waals surface area contributed by atoms with Crippen LogP contribution in [0.15, 0.2) is 23.1 Å². The molecule has 0 amide bonds. The van der Waals surface area contributed by atoms with Gasteiger partial charge in [0.25, 0.3) is 0 Å². The molecule has 0 saturated carbocycles. The summed E-state index contributed by atoms with van der Waals surface area (Å²) < 4.78 is 5.67. The van der Waals surface area contributed by atoms with Gasteiger partial charge in [-0.1, -0.05) is 0 Å². The van der Waals surface area contributed by atoms with E-state index in [9.17, 15) is 24.6 Å². The first-order valence-corrected chi connectivity index (χ1v) is 8.71. The molecule has 4 N–H and O–H groups in total. The van der Waals surface area contributed by atoms with E-state index >= 15 is 0 Å². The monoisotopic (exact) mass is 387 g/mol. The van der Waals surface area contributed by atoms with Gasteiger partial charge in [-0.2, -0.15) is 0 Å². The third kappa shape index (κ3) is 2.45. The summed E-state index contributed by atoms with van der Waals surface area (Å²) in [5.41, 5.74) is -1.43. The molecule has 1 aliphatic carbocycles. The number of ketones is 3. The average molecular weight is 387 g/mol. The Kier molecular flexibility index (Phi) is 4.55. The molecule has 0 unspecified atom stereocenters. The molecule has 0 saturated heterocycles. The number of hydrogen-bond donors (Lipinski definition) is 4. The number of nitrogens with one attached hydrogen (secondary N) is 1. The summed E-state index contributed by atoms with van der Waals surface area (Å²) in [4.78, 5) is 38.0. The Morgan fingerprint density at radius 3 is 2.43 bits per heavy atom. The number of allylic oxidation sites excluding steroid dienone is 4. The Labute approximate surface area is 161 Å². The third-order valence-corrected chi connectivity index (χ3v) is 5.26. The van der Waals surface area contributed by atoms with Crippen LogP contribution >= 0.6 is 0 Å². The third-order valence-electron chi connectivity index (χ3n) is 5.26.